The van der Waals surface area contributed by atoms with Crippen molar-refractivity contribution in [3.8, 4) is 23.3 Å². The van der Waals surface area contributed by atoms with Crippen LogP contribution in [0.25, 0.3) is 11.0 Å². The summed E-state index contributed by atoms with van der Waals surface area (Å²) in [5, 5.41) is 10.3. The topological polar surface area (TPSA) is 108 Å². The molecule has 2 N–H and O–H groups in total. The number of para-hydroxylation sites is 2. The fourth-order valence-corrected chi connectivity index (χ4v) is 3.52. The Morgan fingerprint density at radius 2 is 1.89 bits per heavy atom. The number of rotatable bonds is 3. The predicted octanol–water partition coefficient (Wildman–Crippen LogP) is 3.03. The van der Waals surface area contributed by atoms with E-state index in [1.54, 1.807) is 42.5 Å². The van der Waals surface area contributed by atoms with E-state index >= 15 is 0 Å². The lowest BCUT2D eigenvalue weighted by Crippen LogP contribution is -2.26. The van der Waals surface area contributed by atoms with Gasteiger partial charge in [-0.25, -0.2) is 4.79 Å². The number of fused-ring (bicyclic) bond motifs is 3. The summed E-state index contributed by atoms with van der Waals surface area (Å²) in [6.45, 7) is 0. The van der Waals surface area contributed by atoms with Gasteiger partial charge in [0.1, 0.15) is 17.2 Å². The van der Waals surface area contributed by atoms with Crippen LogP contribution in [-0.2, 0) is 0 Å². The van der Waals surface area contributed by atoms with E-state index in [4.69, 9.17) is 24.4 Å². The van der Waals surface area contributed by atoms with Crippen LogP contribution in [0.2, 0.25) is 0 Å². The lowest BCUT2D eigenvalue weighted by atomic mass is 9.83. The summed E-state index contributed by atoms with van der Waals surface area (Å²) >= 11 is 0. The first-order valence-electron chi connectivity index (χ1n) is 8.45. The first kappa shape index (κ1) is 17.5. The van der Waals surface area contributed by atoms with Crippen LogP contribution in [0.15, 0.2) is 63.1 Å². The van der Waals surface area contributed by atoms with Gasteiger partial charge in [0, 0.05) is 5.56 Å². The van der Waals surface area contributed by atoms with Gasteiger partial charge in [-0.05, 0) is 18.2 Å². The maximum absolute atomic E-state index is 12.9. The maximum Gasteiger partial charge on any atom is 0.344 e. The van der Waals surface area contributed by atoms with Crippen molar-refractivity contribution < 1.29 is 18.6 Å². The van der Waals surface area contributed by atoms with Crippen LogP contribution < -0.4 is 25.6 Å². The van der Waals surface area contributed by atoms with E-state index < -0.39 is 11.5 Å². The fraction of sp³-hybridized carbons (Fsp3) is 0.143. The largest absolute Gasteiger partial charge is 0.493 e. The van der Waals surface area contributed by atoms with Crippen molar-refractivity contribution in [2.45, 2.75) is 5.92 Å². The monoisotopic (exact) mass is 376 g/mol. The van der Waals surface area contributed by atoms with Gasteiger partial charge < -0.3 is 24.4 Å². The lowest BCUT2D eigenvalue weighted by Gasteiger charge is -2.27. The van der Waals surface area contributed by atoms with Crippen molar-refractivity contribution in [1.82, 2.24) is 0 Å². The molecule has 0 saturated heterocycles. The average Bonchev–Trinajstić information content (AvgIpc) is 2.72. The second-order valence-electron chi connectivity index (χ2n) is 6.14. The van der Waals surface area contributed by atoms with Crippen LogP contribution in [0.5, 0.6) is 17.2 Å². The number of benzene rings is 2. The molecular formula is C21H16N2O5. The van der Waals surface area contributed by atoms with E-state index in [-0.39, 0.29) is 22.8 Å². The molecule has 7 nitrogen and oxygen atoms in total. The van der Waals surface area contributed by atoms with Gasteiger partial charge in [0.05, 0.1) is 31.1 Å². The summed E-state index contributed by atoms with van der Waals surface area (Å²) in [6, 6.07) is 14.3. The lowest BCUT2D eigenvalue weighted by molar-refractivity contribution is 0.348. The second kappa shape index (κ2) is 6.67. The van der Waals surface area contributed by atoms with Gasteiger partial charge in [0.2, 0.25) is 5.88 Å². The minimum Gasteiger partial charge on any atom is -0.493 e. The smallest absolute Gasteiger partial charge is 0.344 e. The quantitative estimate of drug-likeness (QED) is 0.700. The van der Waals surface area contributed by atoms with Crippen molar-refractivity contribution in [3.63, 3.8) is 0 Å². The third-order valence-electron chi connectivity index (χ3n) is 4.72. The molecule has 0 radical (unpaired) electrons. The van der Waals surface area contributed by atoms with Gasteiger partial charge >= 0.3 is 5.63 Å². The number of hydrogen-bond acceptors (Lipinski definition) is 7. The molecule has 28 heavy (non-hydrogen) atoms. The van der Waals surface area contributed by atoms with E-state index in [0.29, 0.717) is 28.0 Å². The molecule has 0 aliphatic carbocycles. The number of nitriles is 1. The highest BCUT2D eigenvalue weighted by molar-refractivity contribution is 5.86. The molecule has 0 saturated carbocycles. The van der Waals surface area contributed by atoms with E-state index in [1.807, 2.05) is 0 Å². The van der Waals surface area contributed by atoms with Crippen LogP contribution >= 0.6 is 0 Å². The zero-order valence-corrected chi connectivity index (χ0v) is 15.2. The second-order valence-corrected chi connectivity index (χ2v) is 6.14. The molecule has 4 rings (SSSR count). The van der Waals surface area contributed by atoms with E-state index in [0.717, 1.165) is 0 Å². The Morgan fingerprint density at radius 1 is 1.11 bits per heavy atom. The summed E-state index contributed by atoms with van der Waals surface area (Å²) in [6.07, 6.45) is 0. The van der Waals surface area contributed by atoms with Gasteiger partial charge in [-0.2, -0.15) is 5.26 Å². The zero-order chi connectivity index (χ0) is 19.8. The molecule has 1 aromatic heterocycles. The van der Waals surface area contributed by atoms with Crippen molar-refractivity contribution in [1.29, 1.82) is 5.26 Å². The van der Waals surface area contributed by atoms with Crippen molar-refractivity contribution >= 4 is 11.0 Å². The molecule has 0 fully saturated rings. The van der Waals surface area contributed by atoms with Gasteiger partial charge in [-0.1, -0.05) is 24.3 Å². The fourth-order valence-electron chi connectivity index (χ4n) is 3.52. The highest BCUT2D eigenvalue weighted by Crippen LogP contribution is 2.47. The van der Waals surface area contributed by atoms with Gasteiger partial charge in [0.15, 0.2) is 17.2 Å². The SMILES string of the molecule is COc1cccc(C2C(C#N)=C(N)Oc3c2c(=O)oc2ccccc32)c1OC. The van der Waals surface area contributed by atoms with Crippen molar-refractivity contribution in [2.75, 3.05) is 14.2 Å². The number of nitrogens with two attached hydrogens (primary N) is 1. The van der Waals surface area contributed by atoms with Crippen LogP contribution in [0.4, 0.5) is 0 Å². The molecule has 7 heteroatoms. The Bertz CT molecular complexity index is 1220. The molecule has 0 spiro atoms. The molecule has 1 aliphatic heterocycles. The summed E-state index contributed by atoms with van der Waals surface area (Å²) in [5.74, 6) is 0.253. The Kier molecular flexibility index (Phi) is 4.17. The summed E-state index contributed by atoms with van der Waals surface area (Å²) in [7, 11) is 3.00. The first-order chi connectivity index (χ1) is 13.6. The standard InChI is InChI=1S/C21H16N2O5/c1-25-15-9-5-7-12(18(15)26-2)16-13(10-22)20(23)28-19-11-6-3-4-8-14(11)27-21(24)17(16)19/h3-9,16H,23H2,1-2H3. The van der Waals surface area contributed by atoms with Gasteiger partial charge in [-0.15, -0.1) is 0 Å². The molecule has 1 aliphatic rings. The minimum atomic E-state index is -0.820. The van der Waals surface area contributed by atoms with Gasteiger partial charge in [0.25, 0.3) is 0 Å². The number of nitrogens with zero attached hydrogens (tertiary/aromatic N) is 1. The summed E-state index contributed by atoms with van der Waals surface area (Å²) < 4.78 is 22.1. The molecule has 1 unspecified atom stereocenters. The third kappa shape index (κ3) is 2.47. The van der Waals surface area contributed by atoms with E-state index in [9.17, 15) is 10.1 Å². The molecule has 0 amide bonds. The van der Waals surface area contributed by atoms with Gasteiger partial charge in [-0.3, -0.25) is 0 Å². The number of allylic oxidation sites excluding steroid dienone is 1. The number of ether oxygens (including phenoxy) is 3. The summed E-state index contributed by atoms with van der Waals surface area (Å²) in [4.78, 5) is 12.9. The molecule has 2 heterocycles. The van der Waals surface area contributed by atoms with Crippen LogP contribution in [0.1, 0.15) is 17.0 Å². The molecule has 0 bridgehead atoms. The van der Waals surface area contributed by atoms with Crippen LogP contribution in [0.3, 0.4) is 0 Å². The number of methoxy groups -OCH3 is 2. The molecular weight excluding hydrogens is 360 g/mol. The van der Waals surface area contributed by atoms with Crippen LogP contribution in [-0.4, -0.2) is 14.2 Å². The highest BCUT2D eigenvalue weighted by atomic mass is 16.5. The molecule has 1 atom stereocenters. The highest BCUT2D eigenvalue weighted by Gasteiger charge is 2.37. The van der Waals surface area contributed by atoms with E-state index in [2.05, 4.69) is 6.07 Å². The van der Waals surface area contributed by atoms with Crippen molar-refractivity contribution in [3.05, 3.63) is 75.5 Å². The van der Waals surface area contributed by atoms with E-state index in [1.165, 1.54) is 14.2 Å². The molecule has 3 aromatic rings. The average molecular weight is 376 g/mol. The Labute approximate surface area is 160 Å². The zero-order valence-electron chi connectivity index (χ0n) is 15.2. The Hall–Kier alpha value is -3.92. The maximum atomic E-state index is 12.9. The predicted molar refractivity (Wildman–Crippen MR) is 101 cm³/mol. The summed E-state index contributed by atoms with van der Waals surface area (Å²) in [5.41, 5.74) is 6.67. The third-order valence-corrected chi connectivity index (χ3v) is 4.72. The normalized spacial score (nSPS) is 15.5. The Morgan fingerprint density at radius 3 is 2.61 bits per heavy atom. The Balaban J connectivity index is 2.11. The van der Waals surface area contributed by atoms with Crippen LogP contribution in [0, 0.1) is 11.3 Å². The molecule has 2 aromatic carbocycles. The first-order valence-corrected chi connectivity index (χ1v) is 8.45. The number of hydrogen-bond donors (Lipinski definition) is 1. The minimum absolute atomic E-state index is 0.0689. The van der Waals surface area contributed by atoms with Crippen molar-refractivity contribution in [2.24, 2.45) is 5.73 Å². The molecule has 140 valence electrons.